The second-order valence-corrected chi connectivity index (χ2v) is 4.70. The van der Waals surface area contributed by atoms with Gasteiger partial charge in [0, 0.05) is 5.02 Å². The summed E-state index contributed by atoms with van der Waals surface area (Å²) in [6.07, 6.45) is 2.25. The van der Waals surface area contributed by atoms with Gasteiger partial charge < -0.3 is 0 Å². The predicted molar refractivity (Wildman–Crippen MR) is 66.7 cm³/mol. The number of hydrogen-bond acceptors (Lipinski definition) is 2. The molecule has 0 N–H and O–H groups in total. The lowest BCUT2D eigenvalue weighted by molar-refractivity contribution is 0.111. The molecule has 0 radical (unpaired) electrons. The topological polar surface area (TPSA) is 34.9 Å². The van der Waals surface area contributed by atoms with Gasteiger partial charge in [0.2, 0.25) is 0 Å². The van der Waals surface area contributed by atoms with Gasteiger partial charge in [0.15, 0.2) is 6.29 Å². The minimum Gasteiger partial charge on any atom is -0.296 e. The van der Waals surface area contributed by atoms with E-state index in [0.29, 0.717) is 32.2 Å². The average molecular weight is 320 g/mol. The minimum absolute atomic E-state index is 0.407. The van der Waals surface area contributed by atoms with Crippen molar-refractivity contribution in [3.63, 3.8) is 0 Å². The van der Waals surface area contributed by atoms with Crippen LogP contribution in [0, 0.1) is 0 Å². The van der Waals surface area contributed by atoms with Gasteiger partial charge in [-0.1, -0.05) is 23.2 Å². The van der Waals surface area contributed by atoms with Crippen LogP contribution in [-0.2, 0) is 0 Å². The maximum Gasteiger partial charge on any atom is 0.169 e. The molecule has 0 spiro atoms. The molecule has 0 atom stereocenters. The highest BCUT2D eigenvalue weighted by Crippen LogP contribution is 2.26. The Kier molecular flexibility index (Phi) is 3.33. The van der Waals surface area contributed by atoms with Crippen molar-refractivity contribution < 1.29 is 4.79 Å². The van der Waals surface area contributed by atoms with Crippen molar-refractivity contribution in [1.29, 1.82) is 0 Å². The van der Waals surface area contributed by atoms with Crippen LogP contribution in [0.1, 0.15) is 10.5 Å². The zero-order chi connectivity index (χ0) is 11.7. The highest BCUT2D eigenvalue weighted by molar-refractivity contribution is 9.10. The number of carbonyl (C=O) groups is 1. The fourth-order valence-electron chi connectivity index (χ4n) is 1.29. The molecule has 3 nitrogen and oxygen atoms in total. The van der Waals surface area contributed by atoms with Crippen LogP contribution in [-0.4, -0.2) is 16.1 Å². The average Bonchev–Trinajstić information content (AvgIpc) is 2.59. The van der Waals surface area contributed by atoms with Crippen molar-refractivity contribution in [3.05, 3.63) is 44.6 Å². The third kappa shape index (κ3) is 2.00. The maximum absolute atomic E-state index is 10.9. The summed E-state index contributed by atoms with van der Waals surface area (Å²) in [6.45, 7) is 0. The molecule has 0 saturated carbocycles. The van der Waals surface area contributed by atoms with E-state index in [9.17, 15) is 4.79 Å². The zero-order valence-corrected chi connectivity index (χ0v) is 10.9. The quantitative estimate of drug-likeness (QED) is 0.790. The van der Waals surface area contributed by atoms with E-state index in [1.807, 2.05) is 0 Å². The first-order valence-electron chi connectivity index (χ1n) is 4.27. The predicted octanol–water partition coefficient (Wildman–Crippen LogP) is 3.75. The zero-order valence-electron chi connectivity index (χ0n) is 7.82. The van der Waals surface area contributed by atoms with E-state index in [4.69, 9.17) is 23.2 Å². The molecule has 16 heavy (non-hydrogen) atoms. The van der Waals surface area contributed by atoms with Gasteiger partial charge >= 0.3 is 0 Å². The summed E-state index contributed by atoms with van der Waals surface area (Å²) in [7, 11) is 0. The monoisotopic (exact) mass is 318 g/mol. The minimum atomic E-state index is 0.407. The Morgan fingerprint density at radius 3 is 2.75 bits per heavy atom. The molecular weight excluding hydrogens is 315 g/mol. The van der Waals surface area contributed by atoms with E-state index in [1.54, 1.807) is 18.2 Å². The summed E-state index contributed by atoms with van der Waals surface area (Å²) in [5.41, 5.74) is 1.02. The molecule has 2 aromatic rings. The van der Waals surface area contributed by atoms with E-state index >= 15 is 0 Å². The fraction of sp³-hybridized carbons (Fsp3) is 0. The number of rotatable bonds is 2. The smallest absolute Gasteiger partial charge is 0.169 e. The Labute approximate surface area is 110 Å². The standard InChI is InChI=1S/C10H5BrCl2N2O/c11-7-4-14-15(10(7)5-16)9-2-1-6(12)3-8(9)13/h1-5H. The molecule has 82 valence electrons. The maximum atomic E-state index is 10.9. The van der Waals surface area contributed by atoms with Gasteiger partial charge in [0.25, 0.3) is 0 Å². The molecule has 0 fully saturated rings. The van der Waals surface area contributed by atoms with Crippen LogP contribution >= 0.6 is 39.1 Å². The Balaban J connectivity index is 2.63. The molecule has 1 aromatic heterocycles. The van der Waals surface area contributed by atoms with Gasteiger partial charge in [0.1, 0.15) is 5.69 Å². The van der Waals surface area contributed by atoms with E-state index in [0.717, 1.165) is 0 Å². The van der Waals surface area contributed by atoms with Crippen LogP contribution in [0.2, 0.25) is 10.0 Å². The first-order chi connectivity index (χ1) is 7.63. The number of carbonyl (C=O) groups excluding carboxylic acids is 1. The Morgan fingerprint density at radius 2 is 2.12 bits per heavy atom. The Hall–Kier alpha value is -0.840. The lowest BCUT2D eigenvalue weighted by Gasteiger charge is -2.06. The van der Waals surface area contributed by atoms with E-state index in [2.05, 4.69) is 21.0 Å². The highest BCUT2D eigenvalue weighted by atomic mass is 79.9. The molecule has 0 unspecified atom stereocenters. The van der Waals surface area contributed by atoms with Crippen molar-refractivity contribution in [2.24, 2.45) is 0 Å². The number of halogens is 3. The summed E-state index contributed by atoms with van der Waals surface area (Å²) in [6, 6.07) is 4.99. The molecule has 0 aliphatic carbocycles. The second-order valence-electron chi connectivity index (χ2n) is 3.00. The van der Waals surface area contributed by atoms with Crippen LogP contribution in [0.15, 0.2) is 28.9 Å². The largest absolute Gasteiger partial charge is 0.296 e. The van der Waals surface area contributed by atoms with E-state index < -0.39 is 0 Å². The Bertz CT molecular complexity index is 554. The van der Waals surface area contributed by atoms with E-state index in [-0.39, 0.29) is 0 Å². The lowest BCUT2D eigenvalue weighted by atomic mass is 10.3. The van der Waals surface area contributed by atoms with Crippen molar-refractivity contribution >= 4 is 45.4 Å². The molecule has 0 aliphatic rings. The van der Waals surface area contributed by atoms with Crippen LogP contribution in [0.3, 0.4) is 0 Å². The van der Waals surface area contributed by atoms with Crippen molar-refractivity contribution in [1.82, 2.24) is 9.78 Å². The number of nitrogens with zero attached hydrogens (tertiary/aromatic N) is 2. The summed E-state index contributed by atoms with van der Waals surface area (Å²) in [4.78, 5) is 10.9. The van der Waals surface area contributed by atoms with Gasteiger partial charge in [0.05, 0.1) is 21.4 Å². The molecule has 0 bridgehead atoms. The van der Waals surface area contributed by atoms with Gasteiger partial charge in [-0.05, 0) is 34.1 Å². The molecule has 1 aromatic carbocycles. The van der Waals surface area contributed by atoms with Gasteiger partial charge in [-0.3, -0.25) is 4.79 Å². The first-order valence-corrected chi connectivity index (χ1v) is 5.82. The van der Waals surface area contributed by atoms with Crippen molar-refractivity contribution in [2.75, 3.05) is 0 Å². The molecule has 2 rings (SSSR count). The van der Waals surface area contributed by atoms with Gasteiger partial charge in [-0.25, -0.2) is 4.68 Å². The van der Waals surface area contributed by atoms with Crippen molar-refractivity contribution in [2.45, 2.75) is 0 Å². The third-order valence-corrected chi connectivity index (χ3v) is 3.16. The second kappa shape index (κ2) is 4.57. The van der Waals surface area contributed by atoms with E-state index in [1.165, 1.54) is 10.9 Å². The first kappa shape index (κ1) is 11.6. The summed E-state index contributed by atoms with van der Waals surface area (Å²) in [5.74, 6) is 0. The molecule has 0 saturated heterocycles. The summed E-state index contributed by atoms with van der Waals surface area (Å²) < 4.78 is 2.07. The van der Waals surface area contributed by atoms with Crippen molar-refractivity contribution in [3.8, 4) is 5.69 Å². The van der Waals surface area contributed by atoms with Gasteiger partial charge in [-0.2, -0.15) is 5.10 Å². The normalized spacial score (nSPS) is 10.4. The third-order valence-electron chi connectivity index (χ3n) is 2.01. The molecule has 0 amide bonds. The molecule has 0 aliphatic heterocycles. The van der Waals surface area contributed by atoms with Crippen LogP contribution in [0.4, 0.5) is 0 Å². The van der Waals surface area contributed by atoms with Gasteiger partial charge in [-0.15, -0.1) is 0 Å². The van der Waals surface area contributed by atoms with Crippen LogP contribution in [0.5, 0.6) is 0 Å². The van der Waals surface area contributed by atoms with Crippen LogP contribution < -0.4 is 0 Å². The number of benzene rings is 1. The lowest BCUT2D eigenvalue weighted by Crippen LogP contribution is -2.02. The molecule has 6 heteroatoms. The number of aromatic nitrogens is 2. The summed E-state index contributed by atoms with van der Waals surface area (Å²) >= 11 is 15.0. The molecular formula is C10H5BrCl2N2O. The number of hydrogen-bond donors (Lipinski definition) is 0. The fourth-order valence-corrected chi connectivity index (χ4v) is 2.13. The SMILES string of the molecule is O=Cc1c(Br)cnn1-c1ccc(Cl)cc1Cl. The Morgan fingerprint density at radius 1 is 1.38 bits per heavy atom. The number of aldehydes is 1. The summed E-state index contributed by atoms with van der Waals surface area (Å²) in [5, 5.41) is 5.03. The molecule has 1 heterocycles. The van der Waals surface area contributed by atoms with Crippen LogP contribution in [0.25, 0.3) is 5.69 Å². The highest BCUT2D eigenvalue weighted by Gasteiger charge is 2.12.